The molecule has 2 fully saturated rings. The number of aryl methyl sites for hydroxylation is 1. The minimum Gasteiger partial charge on any atom is -0.493 e. The minimum absolute atomic E-state index is 0.0396. The topological polar surface area (TPSA) is 70.2 Å². The number of carbonyl (C=O) groups is 1. The Labute approximate surface area is 173 Å². The maximum atomic E-state index is 12.2. The first-order valence-corrected chi connectivity index (χ1v) is 11.0. The van der Waals surface area contributed by atoms with Crippen molar-refractivity contribution >= 4 is 11.7 Å². The lowest BCUT2D eigenvalue weighted by Crippen LogP contribution is -2.31. The van der Waals surface area contributed by atoms with Crippen molar-refractivity contribution in [3.8, 4) is 17.0 Å². The van der Waals surface area contributed by atoms with Gasteiger partial charge < -0.3 is 15.0 Å². The molecule has 1 amide bonds. The number of aromatic nitrogens is 2. The molecule has 29 heavy (non-hydrogen) atoms. The number of hydrogen-bond donors (Lipinski definition) is 2. The summed E-state index contributed by atoms with van der Waals surface area (Å²) in [6.07, 6.45) is 7.93. The molecule has 1 saturated carbocycles. The number of H-pyrrole nitrogens is 1. The third-order valence-electron chi connectivity index (χ3n) is 5.84. The van der Waals surface area contributed by atoms with Crippen LogP contribution < -0.4 is 10.1 Å². The number of hydrogen-bond acceptors (Lipinski definition) is 4. The van der Waals surface area contributed by atoms with Crippen molar-refractivity contribution in [2.45, 2.75) is 51.9 Å². The highest BCUT2D eigenvalue weighted by molar-refractivity contribution is 5.90. The standard InChI is InChI=1S/C23H32N4O2/c1-17-14-19(29-16-18-7-8-18)9-10-20(17)21-15-22(26-25-21)24-23(28)6-5-13-27-11-3-2-4-12-27/h9-10,14-15,18H,2-8,11-13,16H2,1H3,(H2,24,25,26,28). The summed E-state index contributed by atoms with van der Waals surface area (Å²) in [6, 6.07) is 8.00. The molecule has 2 aliphatic rings. The van der Waals surface area contributed by atoms with Crippen LogP contribution in [0.4, 0.5) is 5.82 Å². The number of carbonyl (C=O) groups excluding carboxylic acids is 1. The number of nitrogens with zero attached hydrogens (tertiary/aromatic N) is 2. The van der Waals surface area contributed by atoms with E-state index in [2.05, 4.69) is 33.4 Å². The van der Waals surface area contributed by atoms with Gasteiger partial charge in [0.15, 0.2) is 0 Å². The summed E-state index contributed by atoms with van der Waals surface area (Å²) in [4.78, 5) is 14.7. The van der Waals surface area contributed by atoms with Crippen LogP contribution >= 0.6 is 0 Å². The average Bonchev–Trinajstić information content (AvgIpc) is 3.45. The molecule has 1 saturated heterocycles. The number of ether oxygens (including phenoxy) is 1. The average molecular weight is 397 g/mol. The molecule has 1 aliphatic carbocycles. The second-order valence-corrected chi connectivity index (χ2v) is 8.45. The van der Waals surface area contributed by atoms with Gasteiger partial charge in [-0.2, -0.15) is 5.10 Å². The molecule has 0 bridgehead atoms. The number of amides is 1. The summed E-state index contributed by atoms with van der Waals surface area (Å²) >= 11 is 0. The molecule has 1 aromatic heterocycles. The fourth-order valence-electron chi connectivity index (χ4n) is 3.89. The summed E-state index contributed by atoms with van der Waals surface area (Å²) in [5.41, 5.74) is 3.00. The fourth-order valence-corrected chi connectivity index (χ4v) is 3.89. The maximum Gasteiger partial charge on any atom is 0.225 e. The molecule has 4 rings (SSSR count). The molecule has 2 heterocycles. The van der Waals surface area contributed by atoms with Crippen molar-refractivity contribution in [3.05, 3.63) is 29.8 Å². The highest BCUT2D eigenvalue weighted by Crippen LogP contribution is 2.31. The van der Waals surface area contributed by atoms with Gasteiger partial charge in [0, 0.05) is 18.1 Å². The van der Waals surface area contributed by atoms with Crippen LogP contribution in [-0.4, -0.2) is 47.2 Å². The van der Waals surface area contributed by atoms with E-state index in [0.29, 0.717) is 12.2 Å². The SMILES string of the molecule is Cc1cc(OCC2CC2)ccc1-c1cc(NC(=O)CCCN2CCCCC2)[nH]n1. The first kappa shape index (κ1) is 20.0. The second kappa shape index (κ2) is 9.44. The third-order valence-corrected chi connectivity index (χ3v) is 5.84. The summed E-state index contributed by atoms with van der Waals surface area (Å²) in [7, 11) is 0. The molecule has 0 atom stereocenters. The number of likely N-dealkylation sites (tertiary alicyclic amines) is 1. The van der Waals surface area contributed by atoms with Crippen LogP contribution in [0.5, 0.6) is 5.75 Å². The van der Waals surface area contributed by atoms with Gasteiger partial charge in [0.25, 0.3) is 0 Å². The number of nitrogens with one attached hydrogen (secondary N) is 2. The van der Waals surface area contributed by atoms with E-state index in [9.17, 15) is 4.79 Å². The molecular weight excluding hydrogens is 364 g/mol. The first-order chi connectivity index (χ1) is 14.2. The Kier molecular flexibility index (Phi) is 6.49. The Morgan fingerprint density at radius 2 is 2.07 bits per heavy atom. The number of rotatable bonds is 9. The lowest BCUT2D eigenvalue weighted by molar-refractivity contribution is -0.116. The largest absolute Gasteiger partial charge is 0.493 e. The van der Waals surface area contributed by atoms with E-state index in [1.54, 1.807) is 0 Å². The zero-order valence-electron chi connectivity index (χ0n) is 17.4. The van der Waals surface area contributed by atoms with Gasteiger partial charge in [0.05, 0.1) is 12.3 Å². The van der Waals surface area contributed by atoms with Crippen LogP contribution in [0.1, 0.15) is 50.5 Å². The Bertz CT molecular complexity index is 822. The van der Waals surface area contributed by atoms with E-state index in [-0.39, 0.29) is 5.91 Å². The fraction of sp³-hybridized carbons (Fsp3) is 0.565. The van der Waals surface area contributed by atoms with Gasteiger partial charge in [-0.1, -0.05) is 6.42 Å². The highest BCUT2D eigenvalue weighted by Gasteiger charge is 2.22. The molecule has 0 unspecified atom stereocenters. The third kappa shape index (κ3) is 5.82. The zero-order chi connectivity index (χ0) is 20.1. The van der Waals surface area contributed by atoms with Gasteiger partial charge in [-0.15, -0.1) is 0 Å². The van der Waals surface area contributed by atoms with E-state index in [1.165, 1.54) is 45.2 Å². The van der Waals surface area contributed by atoms with Gasteiger partial charge in [0.1, 0.15) is 11.6 Å². The van der Waals surface area contributed by atoms with Crippen molar-refractivity contribution in [2.75, 3.05) is 31.6 Å². The van der Waals surface area contributed by atoms with E-state index in [1.807, 2.05) is 18.2 Å². The van der Waals surface area contributed by atoms with E-state index in [4.69, 9.17) is 4.74 Å². The molecule has 6 nitrogen and oxygen atoms in total. The quantitative estimate of drug-likeness (QED) is 0.660. The monoisotopic (exact) mass is 396 g/mol. The lowest BCUT2D eigenvalue weighted by Gasteiger charge is -2.26. The Morgan fingerprint density at radius 1 is 1.24 bits per heavy atom. The van der Waals surface area contributed by atoms with Gasteiger partial charge >= 0.3 is 0 Å². The van der Waals surface area contributed by atoms with Crippen molar-refractivity contribution in [3.63, 3.8) is 0 Å². The van der Waals surface area contributed by atoms with Crippen LogP contribution in [0.25, 0.3) is 11.3 Å². The first-order valence-electron chi connectivity index (χ1n) is 11.0. The molecule has 0 radical (unpaired) electrons. The second-order valence-electron chi connectivity index (χ2n) is 8.45. The van der Waals surface area contributed by atoms with Crippen molar-refractivity contribution in [1.29, 1.82) is 0 Å². The molecule has 1 aromatic carbocycles. The van der Waals surface area contributed by atoms with Crippen LogP contribution in [0.15, 0.2) is 24.3 Å². The molecule has 6 heteroatoms. The Balaban J connectivity index is 1.26. The van der Waals surface area contributed by atoms with E-state index in [0.717, 1.165) is 48.1 Å². The number of benzene rings is 1. The minimum atomic E-state index is 0.0396. The van der Waals surface area contributed by atoms with E-state index < -0.39 is 0 Å². The summed E-state index contributed by atoms with van der Waals surface area (Å²) in [6.45, 7) is 6.24. The maximum absolute atomic E-state index is 12.2. The molecule has 1 aliphatic heterocycles. The number of anilines is 1. The van der Waals surface area contributed by atoms with Crippen LogP contribution in [0.3, 0.4) is 0 Å². The summed E-state index contributed by atoms with van der Waals surface area (Å²) in [5.74, 6) is 2.34. The van der Waals surface area contributed by atoms with Crippen molar-refractivity contribution in [2.24, 2.45) is 5.92 Å². The Morgan fingerprint density at radius 3 is 2.83 bits per heavy atom. The van der Waals surface area contributed by atoms with Crippen molar-refractivity contribution < 1.29 is 9.53 Å². The van der Waals surface area contributed by atoms with Crippen LogP contribution in [0.2, 0.25) is 0 Å². The molecular formula is C23H32N4O2. The van der Waals surface area contributed by atoms with Gasteiger partial charge in [-0.25, -0.2) is 0 Å². The normalized spacial score (nSPS) is 17.3. The molecule has 0 spiro atoms. The zero-order valence-corrected chi connectivity index (χ0v) is 17.4. The summed E-state index contributed by atoms with van der Waals surface area (Å²) < 4.78 is 5.85. The van der Waals surface area contributed by atoms with Crippen LogP contribution in [-0.2, 0) is 4.79 Å². The highest BCUT2D eigenvalue weighted by atomic mass is 16.5. The Hall–Kier alpha value is -2.34. The number of piperidine rings is 1. The predicted octanol–water partition coefficient (Wildman–Crippen LogP) is 4.38. The van der Waals surface area contributed by atoms with Crippen LogP contribution in [0, 0.1) is 12.8 Å². The van der Waals surface area contributed by atoms with Gasteiger partial charge in [0.2, 0.25) is 5.91 Å². The van der Waals surface area contributed by atoms with E-state index >= 15 is 0 Å². The lowest BCUT2D eigenvalue weighted by atomic mass is 10.1. The number of aromatic amines is 1. The van der Waals surface area contributed by atoms with Gasteiger partial charge in [-0.05, 0) is 88.3 Å². The predicted molar refractivity (Wildman–Crippen MR) is 115 cm³/mol. The summed E-state index contributed by atoms with van der Waals surface area (Å²) in [5, 5.41) is 10.3. The van der Waals surface area contributed by atoms with Crippen molar-refractivity contribution in [1.82, 2.24) is 15.1 Å². The smallest absolute Gasteiger partial charge is 0.225 e. The molecule has 2 N–H and O–H groups in total. The molecule has 2 aromatic rings. The van der Waals surface area contributed by atoms with Gasteiger partial charge in [-0.3, -0.25) is 9.89 Å². The molecule has 156 valence electrons.